The molecule has 3 heteroatoms. The lowest BCUT2D eigenvalue weighted by atomic mass is 10.0. The van der Waals surface area contributed by atoms with E-state index < -0.39 is 0 Å². The van der Waals surface area contributed by atoms with Gasteiger partial charge in [-0.3, -0.25) is 0 Å². The van der Waals surface area contributed by atoms with E-state index in [0.717, 1.165) is 32.3 Å². The van der Waals surface area contributed by atoms with Crippen molar-refractivity contribution in [1.82, 2.24) is 4.98 Å². The molecule has 1 aromatic heterocycles. The minimum absolute atomic E-state index is 0.987. The van der Waals surface area contributed by atoms with E-state index in [4.69, 9.17) is 4.98 Å². The van der Waals surface area contributed by atoms with Crippen molar-refractivity contribution in [2.45, 2.75) is 6.92 Å². The molecule has 0 spiro atoms. The highest BCUT2D eigenvalue weighted by Crippen LogP contribution is 2.35. The van der Waals surface area contributed by atoms with E-state index >= 15 is 0 Å². The Morgan fingerprint density at radius 3 is 2.45 bits per heavy atom. The van der Waals surface area contributed by atoms with Gasteiger partial charge in [-0.1, -0.05) is 42.5 Å². The second-order valence-corrected chi connectivity index (χ2v) is 5.57. The average Bonchev–Trinajstić information content (AvgIpc) is 2.48. The third kappa shape index (κ3) is 2.08. The van der Waals surface area contributed by atoms with Gasteiger partial charge < -0.3 is 5.32 Å². The minimum Gasteiger partial charge on any atom is -0.387 e. The summed E-state index contributed by atoms with van der Waals surface area (Å²) in [6, 6.07) is 16.5. The maximum atomic E-state index is 4.87. The number of para-hydroxylation sites is 1. The summed E-state index contributed by atoms with van der Waals surface area (Å²) in [4.78, 5) is 4.87. The van der Waals surface area contributed by atoms with Crippen LogP contribution in [-0.2, 0) is 0 Å². The second kappa shape index (κ2) is 5.25. The number of aromatic nitrogens is 1. The van der Waals surface area contributed by atoms with Crippen molar-refractivity contribution in [1.29, 1.82) is 0 Å². The molecule has 3 aromatic rings. The Morgan fingerprint density at radius 1 is 1.00 bits per heavy atom. The number of pyridine rings is 1. The number of rotatable bonds is 2. The van der Waals surface area contributed by atoms with E-state index in [0.29, 0.717) is 0 Å². The van der Waals surface area contributed by atoms with Crippen LogP contribution in [0, 0.1) is 6.92 Å². The van der Waals surface area contributed by atoms with Gasteiger partial charge in [-0.15, -0.1) is 0 Å². The third-order valence-electron chi connectivity index (χ3n) is 3.51. The maximum absolute atomic E-state index is 4.87. The molecule has 1 N–H and O–H groups in total. The highest BCUT2D eigenvalue weighted by molar-refractivity contribution is 9.10. The van der Waals surface area contributed by atoms with Gasteiger partial charge in [-0.05, 0) is 34.5 Å². The lowest BCUT2D eigenvalue weighted by Crippen LogP contribution is -1.99. The summed E-state index contributed by atoms with van der Waals surface area (Å²) < 4.78 is 1.02. The van der Waals surface area contributed by atoms with Crippen molar-refractivity contribution < 1.29 is 0 Å². The summed E-state index contributed by atoms with van der Waals surface area (Å²) in [7, 11) is 1.96. The zero-order valence-corrected chi connectivity index (χ0v) is 13.0. The number of nitrogens with one attached hydrogen (secondary N) is 1. The molecular formula is C17H15BrN2. The van der Waals surface area contributed by atoms with Crippen LogP contribution in [0.4, 0.5) is 5.69 Å². The predicted molar refractivity (Wildman–Crippen MR) is 89.2 cm³/mol. The Labute approximate surface area is 127 Å². The van der Waals surface area contributed by atoms with Crippen LogP contribution in [0.1, 0.15) is 5.56 Å². The molecule has 0 amide bonds. The third-order valence-corrected chi connectivity index (χ3v) is 4.15. The zero-order chi connectivity index (χ0) is 14.1. The Morgan fingerprint density at radius 2 is 1.75 bits per heavy atom. The van der Waals surface area contributed by atoms with Crippen molar-refractivity contribution in [3.8, 4) is 11.3 Å². The summed E-state index contributed by atoms with van der Waals surface area (Å²) >= 11 is 3.60. The first-order chi connectivity index (χ1) is 9.72. The van der Waals surface area contributed by atoms with E-state index in [-0.39, 0.29) is 0 Å². The summed E-state index contributed by atoms with van der Waals surface area (Å²) in [5.41, 5.74) is 5.45. The maximum Gasteiger partial charge on any atom is 0.0872 e. The molecule has 0 fully saturated rings. The van der Waals surface area contributed by atoms with Crippen LogP contribution in [0.2, 0.25) is 0 Å². The summed E-state index contributed by atoms with van der Waals surface area (Å²) in [6.07, 6.45) is 0. The molecule has 0 bridgehead atoms. The van der Waals surface area contributed by atoms with E-state index in [1.54, 1.807) is 0 Å². The summed E-state index contributed by atoms with van der Waals surface area (Å²) in [5, 5.41) is 4.45. The van der Waals surface area contributed by atoms with Gasteiger partial charge in [0.2, 0.25) is 0 Å². The van der Waals surface area contributed by atoms with E-state index in [1.807, 2.05) is 37.4 Å². The molecular weight excluding hydrogens is 312 g/mol. The van der Waals surface area contributed by atoms with Crippen molar-refractivity contribution >= 4 is 32.5 Å². The molecule has 100 valence electrons. The van der Waals surface area contributed by atoms with Gasteiger partial charge in [-0.25, -0.2) is 4.98 Å². The lowest BCUT2D eigenvalue weighted by Gasteiger charge is -2.15. The van der Waals surface area contributed by atoms with Gasteiger partial charge in [0.05, 0.1) is 11.2 Å². The Kier molecular flexibility index (Phi) is 3.45. The smallest absolute Gasteiger partial charge is 0.0872 e. The topological polar surface area (TPSA) is 24.9 Å². The highest BCUT2D eigenvalue weighted by Gasteiger charge is 2.13. The normalized spacial score (nSPS) is 10.8. The van der Waals surface area contributed by atoms with Gasteiger partial charge in [0.1, 0.15) is 0 Å². The SMILES string of the molecule is CNc1c(C)c(-c2ccccc2)nc2c(Br)cccc12. The van der Waals surface area contributed by atoms with Crippen LogP contribution in [0.15, 0.2) is 53.0 Å². The van der Waals surface area contributed by atoms with Gasteiger partial charge in [0.15, 0.2) is 0 Å². The fourth-order valence-electron chi connectivity index (χ4n) is 2.55. The largest absolute Gasteiger partial charge is 0.387 e. The van der Waals surface area contributed by atoms with Gasteiger partial charge in [-0.2, -0.15) is 0 Å². The first-order valence-corrected chi connectivity index (χ1v) is 7.33. The van der Waals surface area contributed by atoms with E-state index in [9.17, 15) is 0 Å². The lowest BCUT2D eigenvalue weighted by molar-refractivity contribution is 1.31. The number of fused-ring (bicyclic) bond motifs is 1. The van der Waals surface area contributed by atoms with Crippen molar-refractivity contribution in [3.05, 3.63) is 58.6 Å². The number of hydrogen-bond acceptors (Lipinski definition) is 2. The Bertz CT molecular complexity index is 767. The van der Waals surface area contributed by atoms with Crippen LogP contribution in [0.25, 0.3) is 22.2 Å². The molecule has 0 unspecified atom stereocenters. The average molecular weight is 327 g/mol. The van der Waals surface area contributed by atoms with Gasteiger partial charge in [0.25, 0.3) is 0 Å². The molecule has 0 atom stereocenters. The van der Waals surface area contributed by atoms with E-state index in [1.165, 1.54) is 5.56 Å². The molecule has 0 saturated carbocycles. The number of halogens is 1. The number of anilines is 1. The molecule has 2 nitrogen and oxygen atoms in total. The van der Waals surface area contributed by atoms with Crippen molar-refractivity contribution in [2.24, 2.45) is 0 Å². The predicted octanol–water partition coefficient (Wildman–Crippen LogP) is 5.01. The van der Waals surface area contributed by atoms with Crippen molar-refractivity contribution in [2.75, 3.05) is 12.4 Å². The molecule has 0 aliphatic carbocycles. The van der Waals surface area contributed by atoms with Gasteiger partial charge >= 0.3 is 0 Å². The Balaban J connectivity index is 2.40. The zero-order valence-electron chi connectivity index (χ0n) is 11.4. The Hall–Kier alpha value is -1.87. The quantitative estimate of drug-likeness (QED) is 0.715. The number of benzene rings is 2. The van der Waals surface area contributed by atoms with Crippen LogP contribution >= 0.6 is 15.9 Å². The van der Waals surface area contributed by atoms with Gasteiger partial charge in [0, 0.05) is 28.2 Å². The van der Waals surface area contributed by atoms with Crippen molar-refractivity contribution in [3.63, 3.8) is 0 Å². The fourth-order valence-corrected chi connectivity index (χ4v) is 3.00. The number of hydrogen-bond donors (Lipinski definition) is 1. The minimum atomic E-state index is 0.987. The summed E-state index contributed by atoms with van der Waals surface area (Å²) in [5.74, 6) is 0. The van der Waals surface area contributed by atoms with Crippen LogP contribution in [-0.4, -0.2) is 12.0 Å². The monoisotopic (exact) mass is 326 g/mol. The van der Waals surface area contributed by atoms with E-state index in [2.05, 4.69) is 46.4 Å². The molecule has 1 heterocycles. The molecule has 2 aromatic carbocycles. The van der Waals surface area contributed by atoms with Crippen LogP contribution in [0.5, 0.6) is 0 Å². The van der Waals surface area contributed by atoms with Crippen LogP contribution < -0.4 is 5.32 Å². The van der Waals surface area contributed by atoms with Crippen LogP contribution in [0.3, 0.4) is 0 Å². The first kappa shape index (κ1) is 13.1. The molecule has 20 heavy (non-hydrogen) atoms. The first-order valence-electron chi connectivity index (χ1n) is 6.54. The fraction of sp³-hybridized carbons (Fsp3) is 0.118. The molecule has 0 radical (unpaired) electrons. The number of nitrogens with zero attached hydrogens (tertiary/aromatic N) is 1. The molecule has 3 rings (SSSR count). The molecule has 0 aliphatic heterocycles. The highest BCUT2D eigenvalue weighted by atomic mass is 79.9. The summed E-state index contributed by atoms with van der Waals surface area (Å²) in [6.45, 7) is 2.11. The second-order valence-electron chi connectivity index (χ2n) is 4.71. The molecule has 0 saturated heterocycles. The molecule has 0 aliphatic rings. The standard InChI is InChI=1S/C17H15BrN2/c1-11-15(12-7-4-3-5-8-12)20-17-13(16(11)19-2)9-6-10-14(17)18/h3-10H,1-2H3,(H,19,20).